The van der Waals surface area contributed by atoms with Crippen molar-refractivity contribution >= 4 is 11.7 Å². The van der Waals surface area contributed by atoms with Gasteiger partial charge in [0.2, 0.25) is 0 Å². The zero-order valence-electron chi connectivity index (χ0n) is 13.5. The van der Waals surface area contributed by atoms with E-state index in [1.54, 1.807) is 18.6 Å². The van der Waals surface area contributed by atoms with E-state index >= 15 is 0 Å². The van der Waals surface area contributed by atoms with Crippen LogP contribution < -0.4 is 5.32 Å². The van der Waals surface area contributed by atoms with Gasteiger partial charge in [-0.05, 0) is 25.1 Å². The number of piperazine rings is 1. The second-order valence-electron chi connectivity index (χ2n) is 5.69. The van der Waals surface area contributed by atoms with E-state index in [9.17, 15) is 4.79 Å². The summed E-state index contributed by atoms with van der Waals surface area (Å²) < 4.78 is 0. The van der Waals surface area contributed by atoms with Gasteiger partial charge < -0.3 is 15.2 Å². The number of imidazole rings is 1. The molecule has 2 N–H and O–H groups in total. The molecule has 3 heterocycles. The van der Waals surface area contributed by atoms with Crippen molar-refractivity contribution in [1.82, 2.24) is 24.8 Å². The summed E-state index contributed by atoms with van der Waals surface area (Å²) in [6, 6.07) is 1.85. The van der Waals surface area contributed by atoms with E-state index in [4.69, 9.17) is 0 Å². The first-order valence-electron chi connectivity index (χ1n) is 7.89. The molecule has 7 heteroatoms. The van der Waals surface area contributed by atoms with Crippen LogP contribution in [0.2, 0.25) is 0 Å². The lowest BCUT2D eigenvalue weighted by Gasteiger charge is -2.40. The number of urea groups is 1. The summed E-state index contributed by atoms with van der Waals surface area (Å²) in [5.41, 5.74) is 1.76. The van der Waals surface area contributed by atoms with E-state index in [1.807, 2.05) is 24.1 Å². The van der Waals surface area contributed by atoms with E-state index in [0.29, 0.717) is 13.1 Å². The van der Waals surface area contributed by atoms with Gasteiger partial charge in [-0.25, -0.2) is 9.78 Å². The van der Waals surface area contributed by atoms with Crippen LogP contribution in [-0.2, 0) is 0 Å². The van der Waals surface area contributed by atoms with Crippen LogP contribution in [0.4, 0.5) is 10.5 Å². The van der Waals surface area contributed by atoms with Crippen LogP contribution in [0.5, 0.6) is 0 Å². The molecule has 1 aliphatic heterocycles. The van der Waals surface area contributed by atoms with Crippen molar-refractivity contribution in [3.63, 3.8) is 0 Å². The highest BCUT2D eigenvalue weighted by molar-refractivity contribution is 5.90. The minimum atomic E-state index is -0.0772. The number of likely N-dealkylation sites (N-methyl/N-ethyl adjacent to an activating group) is 1. The Morgan fingerprint density at radius 3 is 3.00 bits per heavy atom. The molecule has 0 unspecified atom stereocenters. The Morgan fingerprint density at radius 2 is 2.30 bits per heavy atom. The molecular formula is C16H22N6O. The second-order valence-corrected chi connectivity index (χ2v) is 5.69. The van der Waals surface area contributed by atoms with Crippen LogP contribution >= 0.6 is 0 Å². The number of carbonyl (C=O) groups excluding carboxylic acids is 1. The van der Waals surface area contributed by atoms with Crippen molar-refractivity contribution in [3.8, 4) is 0 Å². The number of aryl methyl sites for hydroxylation is 1. The average Bonchev–Trinajstić information content (AvgIpc) is 3.10. The Morgan fingerprint density at radius 1 is 1.43 bits per heavy atom. The van der Waals surface area contributed by atoms with Gasteiger partial charge in [-0.15, -0.1) is 0 Å². The van der Waals surface area contributed by atoms with Gasteiger partial charge in [-0.1, -0.05) is 6.92 Å². The number of H-pyrrole nitrogens is 1. The van der Waals surface area contributed by atoms with Gasteiger partial charge >= 0.3 is 6.03 Å². The Kier molecular flexibility index (Phi) is 4.57. The van der Waals surface area contributed by atoms with E-state index in [0.717, 1.165) is 30.2 Å². The summed E-state index contributed by atoms with van der Waals surface area (Å²) in [4.78, 5) is 28.3. The van der Waals surface area contributed by atoms with E-state index in [2.05, 4.69) is 32.1 Å². The molecular weight excluding hydrogens is 292 g/mol. The summed E-state index contributed by atoms with van der Waals surface area (Å²) in [7, 11) is 0. The van der Waals surface area contributed by atoms with Crippen LogP contribution in [0.25, 0.3) is 0 Å². The van der Waals surface area contributed by atoms with Crippen LogP contribution in [0.1, 0.15) is 24.4 Å². The molecule has 2 aromatic heterocycles. The monoisotopic (exact) mass is 314 g/mol. The molecule has 2 aromatic rings. The first-order valence-corrected chi connectivity index (χ1v) is 7.89. The van der Waals surface area contributed by atoms with Gasteiger partial charge in [0, 0.05) is 50.1 Å². The SMILES string of the molecule is CCN1CCN(C(=O)Nc2ccncc2C)C[C@H]1c1ncc[nH]1. The minimum Gasteiger partial charge on any atom is -0.347 e. The molecule has 0 saturated carbocycles. The van der Waals surface area contributed by atoms with Crippen molar-refractivity contribution in [3.05, 3.63) is 42.2 Å². The maximum atomic E-state index is 12.6. The molecule has 0 radical (unpaired) electrons. The van der Waals surface area contributed by atoms with Gasteiger partial charge in [0.15, 0.2) is 0 Å². The second kappa shape index (κ2) is 6.78. The summed E-state index contributed by atoms with van der Waals surface area (Å²) in [6.45, 7) is 7.17. The molecule has 2 amide bonds. The molecule has 1 aliphatic rings. The molecule has 1 saturated heterocycles. The molecule has 122 valence electrons. The lowest BCUT2D eigenvalue weighted by atomic mass is 10.1. The lowest BCUT2D eigenvalue weighted by Crippen LogP contribution is -2.51. The highest BCUT2D eigenvalue weighted by Gasteiger charge is 2.31. The first kappa shape index (κ1) is 15.5. The molecule has 1 fully saturated rings. The van der Waals surface area contributed by atoms with Crippen molar-refractivity contribution < 1.29 is 4.79 Å². The standard InChI is InChI=1S/C16H22N6O/c1-3-21-8-9-22(11-14(21)15-18-6-7-19-15)16(23)20-13-4-5-17-10-12(13)2/h4-7,10,14H,3,8-9,11H2,1-2H3,(H,18,19)(H,17,20,23)/t14-/m0/s1. The maximum absolute atomic E-state index is 12.6. The van der Waals surface area contributed by atoms with Gasteiger partial charge in [0.25, 0.3) is 0 Å². The van der Waals surface area contributed by atoms with Crippen LogP contribution in [0, 0.1) is 6.92 Å². The van der Waals surface area contributed by atoms with Gasteiger partial charge in [0.05, 0.1) is 6.04 Å². The molecule has 7 nitrogen and oxygen atoms in total. The number of carbonyl (C=O) groups is 1. The van der Waals surface area contributed by atoms with Gasteiger partial charge in [0.1, 0.15) is 5.82 Å². The van der Waals surface area contributed by atoms with Crippen molar-refractivity contribution in [2.45, 2.75) is 19.9 Å². The Hall–Kier alpha value is -2.41. The lowest BCUT2D eigenvalue weighted by molar-refractivity contribution is 0.0946. The summed E-state index contributed by atoms with van der Waals surface area (Å²) in [5.74, 6) is 0.907. The fourth-order valence-corrected chi connectivity index (χ4v) is 2.91. The third-order valence-electron chi connectivity index (χ3n) is 4.28. The number of pyridine rings is 1. The van der Waals surface area contributed by atoms with Crippen molar-refractivity contribution in [1.29, 1.82) is 0 Å². The fourth-order valence-electron chi connectivity index (χ4n) is 2.91. The number of rotatable bonds is 3. The number of nitrogens with one attached hydrogen (secondary N) is 2. The van der Waals surface area contributed by atoms with Gasteiger partial charge in [-0.2, -0.15) is 0 Å². The molecule has 0 aliphatic carbocycles. The fraction of sp³-hybridized carbons (Fsp3) is 0.438. The zero-order valence-corrected chi connectivity index (χ0v) is 13.5. The normalized spacial score (nSPS) is 18.9. The molecule has 23 heavy (non-hydrogen) atoms. The smallest absolute Gasteiger partial charge is 0.321 e. The van der Waals surface area contributed by atoms with Crippen molar-refractivity contribution in [2.75, 3.05) is 31.5 Å². The number of nitrogens with zero attached hydrogens (tertiary/aromatic N) is 4. The minimum absolute atomic E-state index is 0.0772. The highest BCUT2D eigenvalue weighted by Crippen LogP contribution is 2.23. The zero-order chi connectivity index (χ0) is 16.2. The number of aromatic nitrogens is 3. The first-order chi connectivity index (χ1) is 11.2. The number of hydrogen-bond donors (Lipinski definition) is 2. The number of hydrogen-bond acceptors (Lipinski definition) is 4. The molecule has 1 atom stereocenters. The van der Waals surface area contributed by atoms with Gasteiger partial charge in [-0.3, -0.25) is 9.88 Å². The van der Waals surface area contributed by atoms with Crippen LogP contribution in [0.3, 0.4) is 0 Å². The third kappa shape index (κ3) is 3.34. The molecule has 0 aromatic carbocycles. The Bertz CT molecular complexity index is 656. The molecule has 0 spiro atoms. The van der Waals surface area contributed by atoms with E-state index in [1.165, 1.54) is 0 Å². The largest absolute Gasteiger partial charge is 0.347 e. The summed E-state index contributed by atoms with van der Waals surface area (Å²) in [5, 5.41) is 2.98. The molecule has 0 bridgehead atoms. The van der Waals surface area contributed by atoms with E-state index in [-0.39, 0.29) is 12.1 Å². The highest BCUT2D eigenvalue weighted by atomic mass is 16.2. The number of anilines is 1. The Balaban J connectivity index is 1.71. The average molecular weight is 314 g/mol. The predicted octanol–water partition coefficient (Wildman–Crippen LogP) is 2.02. The van der Waals surface area contributed by atoms with E-state index < -0.39 is 0 Å². The Labute approximate surface area is 135 Å². The van der Waals surface area contributed by atoms with Crippen LogP contribution in [0.15, 0.2) is 30.9 Å². The van der Waals surface area contributed by atoms with Crippen molar-refractivity contribution in [2.24, 2.45) is 0 Å². The molecule has 3 rings (SSSR count). The topological polar surface area (TPSA) is 77.2 Å². The maximum Gasteiger partial charge on any atom is 0.321 e. The van der Waals surface area contributed by atoms with Crippen LogP contribution in [-0.4, -0.2) is 57.0 Å². The predicted molar refractivity (Wildman–Crippen MR) is 88.1 cm³/mol. The summed E-state index contributed by atoms with van der Waals surface area (Å²) >= 11 is 0. The number of aromatic amines is 1. The number of amides is 2. The quantitative estimate of drug-likeness (QED) is 0.908. The summed E-state index contributed by atoms with van der Waals surface area (Å²) in [6.07, 6.45) is 7.00. The third-order valence-corrected chi connectivity index (χ3v) is 4.28.